The molecule has 1 aliphatic rings. The van der Waals surface area contributed by atoms with Crippen LogP contribution < -0.4 is 5.32 Å². The van der Waals surface area contributed by atoms with Crippen molar-refractivity contribution >= 4 is 46.5 Å². The molecular weight excluding hydrogens is 389 g/mol. The van der Waals surface area contributed by atoms with Gasteiger partial charge in [-0.25, -0.2) is 0 Å². The Balaban J connectivity index is 1.78. The molecule has 2 aromatic rings. The summed E-state index contributed by atoms with van der Waals surface area (Å²) in [6, 6.07) is 13.5. The quantitative estimate of drug-likeness (QED) is 0.793. The summed E-state index contributed by atoms with van der Waals surface area (Å²) in [5.41, 5.74) is 0.427. The van der Waals surface area contributed by atoms with Gasteiger partial charge in [-0.05, 0) is 48.9 Å². The van der Waals surface area contributed by atoms with E-state index >= 15 is 0 Å². The van der Waals surface area contributed by atoms with E-state index in [1.54, 1.807) is 55.5 Å². The highest BCUT2D eigenvalue weighted by molar-refractivity contribution is 6.31. The molecule has 140 valence electrons. The molecule has 0 bridgehead atoms. The third-order valence-corrected chi connectivity index (χ3v) is 4.81. The number of hydrazone groups is 1. The Labute approximate surface area is 166 Å². The number of carbonyl (C=O) groups excluding carboxylic acids is 1. The first-order valence-electron chi connectivity index (χ1n) is 8.17. The second-order valence-corrected chi connectivity index (χ2v) is 7.34. The number of anilines is 1. The molecule has 0 fully saturated rings. The van der Waals surface area contributed by atoms with Crippen LogP contribution in [-0.2, 0) is 9.59 Å². The smallest absolute Gasteiger partial charge is 0.317 e. The van der Waals surface area contributed by atoms with Crippen molar-refractivity contribution in [3.8, 4) is 0 Å². The third kappa shape index (κ3) is 4.23. The van der Waals surface area contributed by atoms with E-state index in [1.165, 1.54) is 5.01 Å². The maximum absolute atomic E-state index is 12.3. The number of hydrogen-bond donors (Lipinski definition) is 2. The molecule has 2 N–H and O–H groups in total. The van der Waals surface area contributed by atoms with Gasteiger partial charge in [0.25, 0.3) is 0 Å². The second kappa shape index (κ2) is 7.58. The van der Waals surface area contributed by atoms with Crippen LogP contribution in [0.25, 0.3) is 0 Å². The van der Waals surface area contributed by atoms with Crippen molar-refractivity contribution in [1.29, 1.82) is 0 Å². The SMILES string of the molecule is CC1(C(=O)O)CN(CC(=O)Nc2ccc(Cl)cc2)N=C1c1ccc(Cl)cc1. The van der Waals surface area contributed by atoms with Gasteiger partial charge in [0.05, 0.1) is 12.3 Å². The zero-order valence-electron chi connectivity index (χ0n) is 14.4. The molecule has 8 heteroatoms. The molecule has 1 aliphatic heterocycles. The number of carboxylic acid groups (broad SMARTS) is 1. The highest BCUT2D eigenvalue weighted by atomic mass is 35.5. The van der Waals surface area contributed by atoms with Crippen LogP contribution in [0.15, 0.2) is 53.6 Å². The topological polar surface area (TPSA) is 82.0 Å². The predicted octanol–water partition coefficient (Wildman–Crippen LogP) is 3.74. The van der Waals surface area contributed by atoms with Gasteiger partial charge in [-0.3, -0.25) is 14.6 Å². The van der Waals surface area contributed by atoms with Crippen LogP contribution in [-0.4, -0.2) is 40.8 Å². The Morgan fingerprint density at radius 1 is 1.11 bits per heavy atom. The van der Waals surface area contributed by atoms with E-state index in [2.05, 4.69) is 10.4 Å². The Morgan fingerprint density at radius 3 is 2.22 bits per heavy atom. The van der Waals surface area contributed by atoms with E-state index in [4.69, 9.17) is 23.2 Å². The lowest BCUT2D eigenvalue weighted by molar-refractivity contribution is -0.144. The van der Waals surface area contributed by atoms with Gasteiger partial charge in [-0.2, -0.15) is 5.10 Å². The summed E-state index contributed by atoms with van der Waals surface area (Å²) in [5.74, 6) is -1.30. The van der Waals surface area contributed by atoms with Crippen LogP contribution >= 0.6 is 23.2 Å². The molecule has 0 radical (unpaired) electrons. The normalized spacial score (nSPS) is 18.9. The van der Waals surface area contributed by atoms with Crippen molar-refractivity contribution in [1.82, 2.24) is 5.01 Å². The van der Waals surface area contributed by atoms with Crippen LogP contribution in [0.3, 0.4) is 0 Å². The van der Waals surface area contributed by atoms with E-state index in [0.717, 1.165) is 0 Å². The van der Waals surface area contributed by atoms with Crippen molar-refractivity contribution in [3.63, 3.8) is 0 Å². The lowest BCUT2D eigenvalue weighted by Crippen LogP contribution is -2.40. The fraction of sp³-hybridized carbons (Fsp3) is 0.211. The molecule has 27 heavy (non-hydrogen) atoms. The van der Waals surface area contributed by atoms with Crippen molar-refractivity contribution in [2.24, 2.45) is 10.5 Å². The number of aliphatic carboxylic acids is 1. The zero-order valence-corrected chi connectivity index (χ0v) is 16.0. The van der Waals surface area contributed by atoms with Gasteiger partial charge in [-0.1, -0.05) is 35.3 Å². The van der Waals surface area contributed by atoms with Crippen LogP contribution in [0.4, 0.5) is 5.69 Å². The number of hydrogen-bond acceptors (Lipinski definition) is 4. The van der Waals surface area contributed by atoms with E-state index in [0.29, 0.717) is 27.0 Å². The lowest BCUT2D eigenvalue weighted by Gasteiger charge is -2.21. The Bertz CT molecular complexity index is 897. The Morgan fingerprint density at radius 2 is 1.67 bits per heavy atom. The highest BCUT2D eigenvalue weighted by Gasteiger charge is 2.46. The van der Waals surface area contributed by atoms with Gasteiger partial charge in [0, 0.05) is 15.7 Å². The molecule has 2 aromatic carbocycles. The maximum Gasteiger partial charge on any atom is 0.317 e. The number of carboxylic acids is 1. The number of rotatable bonds is 5. The Kier molecular flexibility index (Phi) is 5.39. The predicted molar refractivity (Wildman–Crippen MR) is 105 cm³/mol. The van der Waals surface area contributed by atoms with Crippen LogP contribution in [0.5, 0.6) is 0 Å². The molecule has 1 unspecified atom stereocenters. The summed E-state index contributed by atoms with van der Waals surface area (Å²) in [5, 5.41) is 19.5. The minimum atomic E-state index is -1.23. The van der Waals surface area contributed by atoms with E-state index in [1.807, 2.05) is 0 Å². The van der Waals surface area contributed by atoms with E-state index in [9.17, 15) is 14.7 Å². The average molecular weight is 406 g/mol. The third-order valence-electron chi connectivity index (χ3n) is 4.31. The summed E-state index contributed by atoms with van der Waals surface area (Å²) in [6.45, 7) is 1.62. The monoisotopic (exact) mass is 405 g/mol. The van der Waals surface area contributed by atoms with Gasteiger partial charge in [-0.15, -0.1) is 0 Å². The average Bonchev–Trinajstić information content (AvgIpc) is 2.95. The second-order valence-electron chi connectivity index (χ2n) is 6.47. The molecule has 0 spiro atoms. The summed E-state index contributed by atoms with van der Waals surface area (Å²) < 4.78 is 0. The summed E-state index contributed by atoms with van der Waals surface area (Å²) in [6.07, 6.45) is 0. The molecule has 0 aromatic heterocycles. The van der Waals surface area contributed by atoms with Crippen molar-refractivity contribution < 1.29 is 14.7 Å². The zero-order chi connectivity index (χ0) is 19.6. The molecular formula is C19H17Cl2N3O3. The molecule has 0 aliphatic carbocycles. The summed E-state index contributed by atoms with van der Waals surface area (Å²) in [4.78, 5) is 24.2. The first-order valence-corrected chi connectivity index (χ1v) is 8.92. The van der Waals surface area contributed by atoms with Gasteiger partial charge < -0.3 is 10.4 Å². The molecule has 3 rings (SSSR count). The molecule has 1 atom stereocenters. The molecule has 6 nitrogen and oxygen atoms in total. The lowest BCUT2D eigenvalue weighted by atomic mass is 9.82. The summed E-state index contributed by atoms with van der Waals surface area (Å²) in [7, 11) is 0. The molecule has 1 amide bonds. The van der Waals surface area contributed by atoms with Gasteiger partial charge in [0.15, 0.2) is 0 Å². The van der Waals surface area contributed by atoms with E-state index in [-0.39, 0.29) is 19.0 Å². The number of nitrogens with one attached hydrogen (secondary N) is 1. The standard InChI is InChI=1S/C19H17Cl2N3O3/c1-19(18(26)27)11-24(23-17(19)12-2-4-13(20)5-3-12)10-16(25)22-15-8-6-14(21)7-9-15/h2-9H,10-11H2,1H3,(H,22,25)(H,26,27). The minimum absolute atomic E-state index is 0.0669. The van der Waals surface area contributed by atoms with Gasteiger partial charge in [0.2, 0.25) is 5.91 Å². The van der Waals surface area contributed by atoms with Gasteiger partial charge >= 0.3 is 5.97 Å². The minimum Gasteiger partial charge on any atom is -0.480 e. The fourth-order valence-electron chi connectivity index (χ4n) is 2.87. The van der Waals surface area contributed by atoms with Crippen molar-refractivity contribution in [3.05, 3.63) is 64.1 Å². The maximum atomic E-state index is 12.3. The Hall–Kier alpha value is -2.57. The van der Waals surface area contributed by atoms with Gasteiger partial charge in [0.1, 0.15) is 12.0 Å². The first-order chi connectivity index (χ1) is 12.8. The van der Waals surface area contributed by atoms with Crippen LogP contribution in [0, 0.1) is 5.41 Å². The van der Waals surface area contributed by atoms with E-state index < -0.39 is 11.4 Å². The number of carbonyl (C=O) groups is 2. The number of halogens is 2. The molecule has 1 heterocycles. The molecule has 0 saturated carbocycles. The van der Waals surface area contributed by atoms with Crippen LogP contribution in [0.1, 0.15) is 12.5 Å². The van der Waals surface area contributed by atoms with Crippen molar-refractivity contribution in [2.45, 2.75) is 6.92 Å². The fourth-order valence-corrected chi connectivity index (χ4v) is 3.12. The number of benzene rings is 2. The largest absolute Gasteiger partial charge is 0.480 e. The molecule has 0 saturated heterocycles. The number of nitrogens with zero attached hydrogens (tertiary/aromatic N) is 2. The highest BCUT2D eigenvalue weighted by Crippen LogP contribution is 2.32. The van der Waals surface area contributed by atoms with Crippen LogP contribution in [0.2, 0.25) is 10.0 Å². The first kappa shape index (κ1) is 19.2. The number of amides is 1. The summed E-state index contributed by atoms with van der Waals surface area (Å²) >= 11 is 11.7. The van der Waals surface area contributed by atoms with Crippen molar-refractivity contribution in [2.75, 3.05) is 18.4 Å².